The van der Waals surface area contributed by atoms with E-state index in [4.69, 9.17) is 9.47 Å². The molecule has 2 N–H and O–H groups in total. The zero-order valence-corrected chi connectivity index (χ0v) is 16.4. The van der Waals surface area contributed by atoms with Crippen LogP contribution in [0.25, 0.3) is 10.9 Å². The molecule has 0 bridgehead atoms. The molecule has 0 aliphatic carbocycles. The minimum absolute atomic E-state index is 0.00866. The summed E-state index contributed by atoms with van der Waals surface area (Å²) >= 11 is 0. The molecule has 5 heteroatoms. The highest BCUT2D eigenvalue weighted by Gasteiger charge is 2.28. The second-order valence-electron chi connectivity index (χ2n) is 7.39. The monoisotopic (exact) mass is 398 g/mol. The lowest BCUT2D eigenvalue weighted by Crippen LogP contribution is -2.25. The van der Waals surface area contributed by atoms with Gasteiger partial charge in [0.15, 0.2) is 11.5 Å². The Hall–Kier alpha value is -3.73. The number of benzene rings is 3. The Labute approximate surface area is 174 Å². The maximum Gasteiger partial charge on any atom is 0.231 e. The lowest BCUT2D eigenvalue weighted by molar-refractivity contribution is -0.121. The summed E-state index contributed by atoms with van der Waals surface area (Å²) in [6.45, 7) is 0.708. The molecule has 4 aromatic rings. The van der Waals surface area contributed by atoms with E-state index in [1.54, 1.807) is 0 Å². The molecule has 1 aliphatic rings. The molecule has 1 amide bonds. The Morgan fingerprint density at radius 2 is 1.77 bits per heavy atom. The average molecular weight is 398 g/mol. The number of amides is 1. The van der Waals surface area contributed by atoms with Crippen LogP contribution in [-0.2, 0) is 11.3 Å². The van der Waals surface area contributed by atoms with Gasteiger partial charge in [-0.2, -0.15) is 0 Å². The van der Waals surface area contributed by atoms with Crippen LogP contribution in [0.15, 0.2) is 79.0 Å². The summed E-state index contributed by atoms with van der Waals surface area (Å²) in [6, 6.07) is 23.9. The summed E-state index contributed by atoms with van der Waals surface area (Å²) in [6.07, 6.45) is 2.31. The van der Waals surface area contributed by atoms with Crippen LogP contribution >= 0.6 is 0 Å². The predicted octanol–water partition coefficient (Wildman–Crippen LogP) is 4.74. The van der Waals surface area contributed by atoms with Crippen molar-refractivity contribution in [3.8, 4) is 11.5 Å². The van der Waals surface area contributed by atoms with Crippen molar-refractivity contribution in [2.45, 2.75) is 18.9 Å². The van der Waals surface area contributed by atoms with Crippen molar-refractivity contribution in [3.63, 3.8) is 0 Å². The summed E-state index contributed by atoms with van der Waals surface area (Å²) < 4.78 is 11.3. The normalized spacial score (nSPS) is 13.3. The Balaban J connectivity index is 1.48. The number of rotatable bonds is 6. The molecule has 0 saturated heterocycles. The van der Waals surface area contributed by atoms with Gasteiger partial charge in [-0.1, -0.05) is 60.7 Å². The van der Waals surface area contributed by atoms with E-state index in [1.807, 2.05) is 72.9 Å². The third-order valence-electron chi connectivity index (χ3n) is 5.52. The number of para-hydroxylation sites is 2. The van der Waals surface area contributed by atoms with Crippen molar-refractivity contribution in [1.29, 1.82) is 0 Å². The molecule has 5 rings (SSSR count). The average Bonchev–Trinajstić information content (AvgIpc) is 3.44. The first-order valence-electron chi connectivity index (χ1n) is 10.0. The molecular formula is C25H22N2O3. The molecule has 1 unspecified atom stereocenters. The van der Waals surface area contributed by atoms with E-state index in [0.717, 1.165) is 39.1 Å². The van der Waals surface area contributed by atoms with Crippen molar-refractivity contribution in [1.82, 2.24) is 10.3 Å². The standard InChI is InChI=1S/C25H22N2O3/c28-24(27-14-17-7-2-1-3-8-17)13-20(19-10-6-12-23-25(19)30-16-29-23)21-15-26-22-11-5-4-9-18(21)22/h1-12,15,20,26H,13-14,16H2,(H,27,28). The first-order chi connectivity index (χ1) is 14.8. The third-order valence-corrected chi connectivity index (χ3v) is 5.52. The lowest BCUT2D eigenvalue weighted by Gasteiger charge is -2.19. The number of hydrogen-bond acceptors (Lipinski definition) is 3. The van der Waals surface area contributed by atoms with E-state index in [2.05, 4.69) is 16.4 Å². The SMILES string of the molecule is O=C(CC(c1cccc2c1OCO2)c1c[nH]c2ccccc12)NCc1ccccc1. The van der Waals surface area contributed by atoms with Crippen LogP contribution in [0.5, 0.6) is 11.5 Å². The Morgan fingerprint density at radius 1 is 0.933 bits per heavy atom. The number of carbonyl (C=O) groups excluding carboxylic acids is 1. The number of aromatic amines is 1. The van der Waals surface area contributed by atoms with Gasteiger partial charge in [0.2, 0.25) is 12.7 Å². The topological polar surface area (TPSA) is 63.4 Å². The van der Waals surface area contributed by atoms with Crippen molar-refractivity contribution < 1.29 is 14.3 Å². The van der Waals surface area contributed by atoms with Gasteiger partial charge in [0.1, 0.15) is 0 Å². The van der Waals surface area contributed by atoms with Crippen LogP contribution < -0.4 is 14.8 Å². The number of aromatic nitrogens is 1. The number of carbonyl (C=O) groups is 1. The largest absolute Gasteiger partial charge is 0.454 e. The molecule has 150 valence electrons. The quantitative estimate of drug-likeness (QED) is 0.493. The van der Waals surface area contributed by atoms with Crippen LogP contribution in [0.2, 0.25) is 0 Å². The second kappa shape index (κ2) is 7.95. The van der Waals surface area contributed by atoms with Gasteiger partial charge >= 0.3 is 0 Å². The van der Waals surface area contributed by atoms with E-state index >= 15 is 0 Å². The second-order valence-corrected chi connectivity index (χ2v) is 7.39. The molecule has 1 aromatic heterocycles. The summed E-state index contributed by atoms with van der Waals surface area (Å²) in [4.78, 5) is 16.3. The molecule has 2 heterocycles. The summed E-state index contributed by atoms with van der Waals surface area (Å²) in [5.41, 5.74) is 4.16. The Morgan fingerprint density at radius 3 is 2.67 bits per heavy atom. The van der Waals surface area contributed by atoms with E-state index in [1.165, 1.54) is 0 Å². The number of nitrogens with one attached hydrogen (secondary N) is 2. The molecule has 5 nitrogen and oxygen atoms in total. The first kappa shape index (κ1) is 18.3. The van der Waals surface area contributed by atoms with Gasteiger partial charge in [0.05, 0.1) is 0 Å². The Bertz CT molecular complexity index is 1180. The molecule has 1 atom stereocenters. The van der Waals surface area contributed by atoms with Crippen LogP contribution in [-0.4, -0.2) is 17.7 Å². The zero-order chi connectivity index (χ0) is 20.3. The number of ether oxygens (including phenoxy) is 2. The van der Waals surface area contributed by atoms with E-state index in [0.29, 0.717) is 13.0 Å². The van der Waals surface area contributed by atoms with Crippen molar-refractivity contribution in [2.75, 3.05) is 6.79 Å². The molecule has 0 saturated carbocycles. The van der Waals surface area contributed by atoms with Gasteiger partial charge in [-0.3, -0.25) is 4.79 Å². The van der Waals surface area contributed by atoms with Crippen LogP contribution in [0.3, 0.4) is 0 Å². The molecule has 1 aliphatic heterocycles. The van der Waals surface area contributed by atoms with Crippen molar-refractivity contribution in [3.05, 3.63) is 95.7 Å². The number of hydrogen-bond donors (Lipinski definition) is 2. The van der Waals surface area contributed by atoms with Gasteiger partial charge in [-0.15, -0.1) is 0 Å². The minimum Gasteiger partial charge on any atom is -0.454 e. The predicted molar refractivity (Wildman–Crippen MR) is 116 cm³/mol. The molecule has 30 heavy (non-hydrogen) atoms. The Kier molecular flexibility index (Phi) is 4.85. The molecule has 0 radical (unpaired) electrons. The molecule has 0 spiro atoms. The minimum atomic E-state index is -0.159. The number of H-pyrrole nitrogens is 1. The summed E-state index contributed by atoms with van der Waals surface area (Å²) in [7, 11) is 0. The van der Waals surface area contributed by atoms with Gasteiger partial charge in [-0.25, -0.2) is 0 Å². The highest BCUT2D eigenvalue weighted by atomic mass is 16.7. The highest BCUT2D eigenvalue weighted by Crippen LogP contribution is 2.44. The molecule has 3 aromatic carbocycles. The highest BCUT2D eigenvalue weighted by molar-refractivity contribution is 5.86. The van der Waals surface area contributed by atoms with Crippen LogP contribution in [0, 0.1) is 0 Å². The summed E-state index contributed by atoms with van der Waals surface area (Å²) in [5.74, 6) is 1.28. The molecule has 0 fully saturated rings. The first-order valence-corrected chi connectivity index (χ1v) is 10.0. The maximum absolute atomic E-state index is 12.9. The fraction of sp³-hybridized carbons (Fsp3) is 0.160. The fourth-order valence-corrected chi connectivity index (χ4v) is 4.05. The smallest absolute Gasteiger partial charge is 0.231 e. The van der Waals surface area contributed by atoms with Gasteiger partial charge < -0.3 is 19.8 Å². The number of fused-ring (bicyclic) bond motifs is 2. The van der Waals surface area contributed by atoms with Crippen LogP contribution in [0.1, 0.15) is 29.0 Å². The maximum atomic E-state index is 12.9. The van der Waals surface area contributed by atoms with Crippen molar-refractivity contribution in [2.24, 2.45) is 0 Å². The summed E-state index contributed by atoms with van der Waals surface area (Å²) in [5, 5.41) is 4.16. The van der Waals surface area contributed by atoms with Gasteiger partial charge in [-0.05, 0) is 23.3 Å². The van der Waals surface area contributed by atoms with E-state index in [-0.39, 0.29) is 18.6 Å². The van der Waals surface area contributed by atoms with E-state index in [9.17, 15) is 4.79 Å². The third kappa shape index (κ3) is 3.50. The van der Waals surface area contributed by atoms with Gasteiger partial charge in [0, 0.05) is 41.5 Å². The zero-order valence-electron chi connectivity index (χ0n) is 16.4. The van der Waals surface area contributed by atoms with Crippen molar-refractivity contribution >= 4 is 16.8 Å². The molecular weight excluding hydrogens is 376 g/mol. The van der Waals surface area contributed by atoms with E-state index < -0.39 is 0 Å². The van der Waals surface area contributed by atoms with Gasteiger partial charge in [0.25, 0.3) is 0 Å². The lowest BCUT2D eigenvalue weighted by atomic mass is 9.87. The fourth-order valence-electron chi connectivity index (χ4n) is 4.05. The van der Waals surface area contributed by atoms with Crippen LogP contribution in [0.4, 0.5) is 0 Å².